The van der Waals surface area contributed by atoms with Crippen LogP contribution in [0.3, 0.4) is 0 Å². The highest BCUT2D eigenvalue weighted by Crippen LogP contribution is 2.26. The summed E-state index contributed by atoms with van der Waals surface area (Å²) in [5, 5.41) is 9.51. The molecule has 3 rings (SSSR count). The number of thioether (sulfide) groups is 1. The summed E-state index contributed by atoms with van der Waals surface area (Å²) in [4.78, 5) is 12.4. The molecule has 0 atom stereocenters. The van der Waals surface area contributed by atoms with Crippen LogP contribution in [0, 0.1) is 0 Å². The Labute approximate surface area is 163 Å². The lowest BCUT2D eigenvalue weighted by atomic mass is 10.2. The molecule has 0 radical (unpaired) electrons. The van der Waals surface area contributed by atoms with E-state index in [2.05, 4.69) is 21.7 Å². The second kappa shape index (κ2) is 9.37. The van der Waals surface area contributed by atoms with Crippen LogP contribution >= 0.6 is 11.8 Å². The maximum absolute atomic E-state index is 12.4. The van der Waals surface area contributed by atoms with Crippen LogP contribution in [-0.4, -0.2) is 33.4 Å². The highest BCUT2D eigenvalue weighted by molar-refractivity contribution is 7.99. The summed E-state index contributed by atoms with van der Waals surface area (Å²) in [5.74, 6) is 2.07. The number of benzene rings is 2. The zero-order chi connectivity index (χ0) is 19.1. The Bertz CT molecular complexity index is 876. The number of methoxy groups -OCH3 is 1. The summed E-state index contributed by atoms with van der Waals surface area (Å²) >= 11 is 1.44. The van der Waals surface area contributed by atoms with E-state index in [4.69, 9.17) is 4.74 Å². The number of rotatable bonds is 9. The lowest BCUT2D eigenvalue weighted by molar-refractivity contribution is 0.102. The highest BCUT2D eigenvalue weighted by atomic mass is 32.2. The highest BCUT2D eigenvalue weighted by Gasteiger charge is 2.16. The number of carbonyl (C=O) groups is 1. The predicted octanol–water partition coefficient (Wildman–Crippen LogP) is 4.73. The molecule has 2 aromatic carbocycles. The molecule has 0 fully saturated rings. The Kier molecular flexibility index (Phi) is 6.65. The molecule has 0 aliphatic carbocycles. The fourth-order valence-electron chi connectivity index (χ4n) is 2.70. The predicted molar refractivity (Wildman–Crippen MR) is 108 cm³/mol. The Morgan fingerprint density at radius 3 is 2.48 bits per heavy atom. The summed E-state index contributed by atoms with van der Waals surface area (Å²) in [5.41, 5.74) is 1.71. The molecule has 0 amide bonds. The van der Waals surface area contributed by atoms with Crippen molar-refractivity contribution in [1.82, 2.24) is 14.8 Å². The number of Topliss-reactive ketones (excluding diaryl/α,β-unsaturated/α-hetero) is 1. The molecule has 6 heteroatoms. The van der Waals surface area contributed by atoms with Crippen LogP contribution in [-0.2, 0) is 6.54 Å². The van der Waals surface area contributed by atoms with Gasteiger partial charge in [0.1, 0.15) is 5.75 Å². The third-order valence-electron chi connectivity index (χ3n) is 4.23. The van der Waals surface area contributed by atoms with Crippen LogP contribution < -0.4 is 4.74 Å². The molecule has 0 unspecified atom stereocenters. The minimum atomic E-state index is 0.0941. The van der Waals surface area contributed by atoms with Crippen LogP contribution in [0.5, 0.6) is 5.75 Å². The first kappa shape index (κ1) is 19.2. The minimum Gasteiger partial charge on any atom is -0.497 e. The van der Waals surface area contributed by atoms with E-state index in [1.165, 1.54) is 11.8 Å². The Morgan fingerprint density at radius 1 is 1.07 bits per heavy atom. The van der Waals surface area contributed by atoms with E-state index in [-0.39, 0.29) is 5.78 Å². The number of nitrogens with zero attached hydrogens (tertiary/aromatic N) is 3. The monoisotopic (exact) mass is 381 g/mol. The third-order valence-corrected chi connectivity index (χ3v) is 5.20. The van der Waals surface area contributed by atoms with Crippen molar-refractivity contribution in [2.45, 2.75) is 31.5 Å². The Hall–Kier alpha value is -2.60. The van der Waals surface area contributed by atoms with E-state index in [9.17, 15) is 4.79 Å². The van der Waals surface area contributed by atoms with E-state index >= 15 is 0 Å². The molecule has 1 heterocycles. The van der Waals surface area contributed by atoms with Gasteiger partial charge in [0, 0.05) is 17.7 Å². The maximum atomic E-state index is 12.4. The van der Waals surface area contributed by atoms with Gasteiger partial charge in [0.2, 0.25) is 0 Å². The van der Waals surface area contributed by atoms with E-state index in [0.29, 0.717) is 5.75 Å². The molecule has 1 aromatic heterocycles. The van der Waals surface area contributed by atoms with Crippen molar-refractivity contribution in [3.63, 3.8) is 0 Å². The molecule has 27 heavy (non-hydrogen) atoms. The maximum Gasteiger partial charge on any atom is 0.191 e. The topological polar surface area (TPSA) is 57.0 Å². The van der Waals surface area contributed by atoms with Gasteiger partial charge in [0.05, 0.1) is 12.9 Å². The summed E-state index contributed by atoms with van der Waals surface area (Å²) in [6.07, 6.45) is 2.11. The van der Waals surface area contributed by atoms with E-state index in [1.807, 2.05) is 54.6 Å². The summed E-state index contributed by atoms with van der Waals surface area (Å²) in [6.45, 7) is 2.98. The van der Waals surface area contributed by atoms with Crippen LogP contribution in [0.2, 0.25) is 0 Å². The van der Waals surface area contributed by atoms with Gasteiger partial charge < -0.3 is 9.30 Å². The lowest BCUT2D eigenvalue weighted by Gasteiger charge is -2.10. The number of hydrogen-bond donors (Lipinski definition) is 0. The molecule has 0 spiro atoms. The largest absolute Gasteiger partial charge is 0.497 e. The molecule has 0 saturated carbocycles. The smallest absolute Gasteiger partial charge is 0.191 e. The van der Waals surface area contributed by atoms with Gasteiger partial charge in [-0.15, -0.1) is 10.2 Å². The van der Waals surface area contributed by atoms with Gasteiger partial charge in [0.15, 0.2) is 16.8 Å². The summed E-state index contributed by atoms with van der Waals surface area (Å²) in [6, 6.07) is 17.1. The molecule has 140 valence electrons. The van der Waals surface area contributed by atoms with Gasteiger partial charge >= 0.3 is 0 Å². The SMILES string of the molecule is CCCCn1c(SCC(=O)c2ccccc2)nnc1-c1ccc(OC)cc1. The average molecular weight is 382 g/mol. The Morgan fingerprint density at radius 2 is 1.81 bits per heavy atom. The zero-order valence-corrected chi connectivity index (χ0v) is 16.4. The van der Waals surface area contributed by atoms with E-state index in [0.717, 1.165) is 47.2 Å². The second-order valence-corrected chi connectivity index (χ2v) is 7.06. The zero-order valence-electron chi connectivity index (χ0n) is 15.6. The molecular formula is C21H23N3O2S. The second-order valence-electron chi connectivity index (χ2n) is 6.12. The van der Waals surface area contributed by atoms with Gasteiger partial charge in [-0.2, -0.15) is 0 Å². The quantitative estimate of drug-likeness (QED) is 0.396. The fraction of sp³-hybridized carbons (Fsp3) is 0.286. The van der Waals surface area contributed by atoms with Crippen molar-refractivity contribution in [3.05, 3.63) is 60.2 Å². The number of hydrogen-bond acceptors (Lipinski definition) is 5. The third kappa shape index (κ3) is 4.77. The molecule has 0 N–H and O–H groups in total. The molecule has 3 aromatic rings. The van der Waals surface area contributed by atoms with E-state index < -0.39 is 0 Å². The summed E-state index contributed by atoms with van der Waals surface area (Å²) in [7, 11) is 1.65. The van der Waals surface area contributed by atoms with Crippen LogP contribution in [0.15, 0.2) is 59.8 Å². The van der Waals surface area contributed by atoms with Gasteiger partial charge in [-0.3, -0.25) is 4.79 Å². The van der Waals surface area contributed by atoms with Crippen molar-refractivity contribution in [2.24, 2.45) is 0 Å². The number of carbonyl (C=O) groups excluding carboxylic acids is 1. The Balaban J connectivity index is 1.80. The summed E-state index contributed by atoms with van der Waals surface area (Å²) < 4.78 is 7.33. The molecule has 0 aliphatic rings. The fourth-order valence-corrected chi connectivity index (χ4v) is 3.56. The van der Waals surface area contributed by atoms with Crippen molar-refractivity contribution in [2.75, 3.05) is 12.9 Å². The van der Waals surface area contributed by atoms with Gasteiger partial charge in [0.25, 0.3) is 0 Å². The van der Waals surface area contributed by atoms with Crippen molar-refractivity contribution >= 4 is 17.5 Å². The number of ether oxygens (including phenoxy) is 1. The van der Waals surface area contributed by atoms with Crippen molar-refractivity contribution in [1.29, 1.82) is 0 Å². The lowest BCUT2D eigenvalue weighted by Crippen LogP contribution is -2.06. The van der Waals surface area contributed by atoms with Crippen molar-refractivity contribution < 1.29 is 9.53 Å². The molecule has 0 aliphatic heterocycles. The number of ketones is 1. The molecule has 0 bridgehead atoms. The van der Waals surface area contributed by atoms with Gasteiger partial charge in [-0.25, -0.2) is 0 Å². The molecule has 5 nitrogen and oxygen atoms in total. The normalized spacial score (nSPS) is 10.7. The first-order valence-electron chi connectivity index (χ1n) is 9.01. The molecule has 0 saturated heterocycles. The first-order chi connectivity index (χ1) is 13.2. The standard InChI is InChI=1S/C21H23N3O2S/c1-3-4-14-24-20(17-10-12-18(26-2)13-11-17)22-23-21(24)27-15-19(25)16-8-6-5-7-9-16/h5-13H,3-4,14-15H2,1-2H3. The van der Waals surface area contributed by atoms with Crippen molar-refractivity contribution in [3.8, 4) is 17.1 Å². The number of unbranched alkanes of at least 4 members (excludes halogenated alkanes) is 1. The molecular weight excluding hydrogens is 358 g/mol. The van der Waals surface area contributed by atoms with Gasteiger partial charge in [-0.05, 0) is 30.7 Å². The average Bonchev–Trinajstić information content (AvgIpc) is 3.13. The van der Waals surface area contributed by atoms with Crippen LogP contribution in [0.1, 0.15) is 30.1 Å². The van der Waals surface area contributed by atoms with E-state index in [1.54, 1.807) is 7.11 Å². The number of aromatic nitrogens is 3. The van der Waals surface area contributed by atoms with Gasteiger partial charge in [-0.1, -0.05) is 55.4 Å². The first-order valence-corrected chi connectivity index (χ1v) is 10.00. The van der Waals surface area contributed by atoms with Crippen LogP contribution in [0.25, 0.3) is 11.4 Å². The van der Waals surface area contributed by atoms with Crippen LogP contribution in [0.4, 0.5) is 0 Å². The minimum absolute atomic E-state index is 0.0941.